The number of carbonyl (C=O) groups is 1. The zero-order valence-electron chi connectivity index (χ0n) is 14.3. The third kappa shape index (κ3) is 2.69. The minimum atomic E-state index is -4.45. The van der Waals surface area contributed by atoms with E-state index in [1.807, 2.05) is 35.3 Å². The summed E-state index contributed by atoms with van der Waals surface area (Å²) in [5.74, 6) is -0.253. The largest absolute Gasteiger partial charge is 0.416 e. The molecule has 0 bridgehead atoms. The first-order valence-electron chi connectivity index (χ1n) is 8.62. The molecular weight excluding hydrogens is 341 g/mol. The van der Waals surface area contributed by atoms with Gasteiger partial charge in [0.05, 0.1) is 16.5 Å². The molecule has 0 N–H and O–H groups in total. The zero-order chi connectivity index (χ0) is 18.5. The van der Waals surface area contributed by atoms with Crippen molar-refractivity contribution in [2.75, 3.05) is 0 Å². The highest BCUT2D eigenvalue weighted by molar-refractivity contribution is 6.00. The lowest BCUT2D eigenvalue weighted by molar-refractivity contribution is -0.707. The normalized spacial score (nSPS) is 17.5. The molecule has 2 aromatic heterocycles. The van der Waals surface area contributed by atoms with Gasteiger partial charge in [0.1, 0.15) is 0 Å². The van der Waals surface area contributed by atoms with Crippen molar-refractivity contribution in [3.8, 4) is 0 Å². The van der Waals surface area contributed by atoms with E-state index in [0.717, 1.165) is 29.6 Å². The smallest absolute Gasteiger partial charge is 0.347 e. The molecule has 1 atom stereocenters. The summed E-state index contributed by atoms with van der Waals surface area (Å²) in [7, 11) is 0. The Morgan fingerprint density at radius 2 is 2.04 bits per heavy atom. The standard InChI is InChI=1S/C20H18F3N2O/c1-2-24-9-7-14-12-25(10-8-17(14)24)18-6-4-13-3-5-15(20(21,22)23)11-16(13)19(18)26/h3,5,7-12,18H,2,4,6H2,1H3/q+1. The van der Waals surface area contributed by atoms with Gasteiger partial charge < -0.3 is 4.57 Å². The number of ketones is 1. The van der Waals surface area contributed by atoms with Gasteiger partial charge in [-0.2, -0.15) is 17.7 Å². The molecule has 4 rings (SSSR count). The first-order valence-corrected chi connectivity index (χ1v) is 8.62. The molecule has 0 aliphatic heterocycles. The third-order valence-corrected chi connectivity index (χ3v) is 5.12. The molecule has 3 aromatic rings. The van der Waals surface area contributed by atoms with Crippen LogP contribution in [0, 0.1) is 0 Å². The second-order valence-electron chi connectivity index (χ2n) is 6.62. The van der Waals surface area contributed by atoms with Crippen molar-refractivity contribution in [2.45, 2.75) is 38.5 Å². The third-order valence-electron chi connectivity index (χ3n) is 5.12. The molecule has 0 radical (unpaired) electrons. The molecular formula is C20H18F3N2O+. The highest BCUT2D eigenvalue weighted by atomic mass is 19.4. The zero-order valence-corrected chi connectivity index (χ0v) is 14.3. The Morgan fingerprint density at radius 3 is 2.77 bits per heavy atom. The summed E-state index contributed by atoms with van der Waals surface area (Å²) in [5.41, 5.74) is 1.19. The number of aryl methyl sites for hydroxylation is 2. The van der Waals surface area contributed by atoms with Crippen LogP contribution in [0.2, 0.25) is 0 Å². The highest BCUT2D eigenvalue weighted by Crippen LogP contribution is 2.34. The summed E-state index contributed by atoms with van der Waals surface area (Å²) in [6, 6.07) is 6.95. The number of pyridine rings is 1. The Bertz CT molecular complexity index is 1000. The number of hydrogen-bond donors (Lipinski definition) is 0. The van der Waals surface area contributed by atoms with E-state index in [1.165, 1.54) is 6.07 Å². The number of halogens is 3. The Kier molecular flexibility index (Phi) is 3.86. The van der Waals surface area contributed by atoms with Gasteiger partial charge in [-0.15, -0.1) is 0 Å². The van der Waals surface area contributed by atoms with Gasteiger partial charge in [-0.1, -0.05) is 6.07 Å². The first kappa shape index (κ1) is 16.8. The Hall–Kier alpha value is -2.63. The summed E-state index contributed by atoms with van der Waals surface area (Å²) < 4.78 is 42.9. The molecule has 0 saturated heterocycles. The summed E-state index contributed by atoms with van der Waals surface area (Å²) in [4.78, 5) is 12.9. The molecule has 1 aliphatic rings. The molecule has 0 saturated carbocycles. The molecule has 3 nitrogen and oxygen atoms in total. The van der Waals surface area contributed by atoms with Crippen molar-refractivity contribution in [3.05, 3.63) is 65.6 Å². The molecule has 0 spiro atoms. The predicted octanol–water partition coefficient (Wildman–Crippen LogP) is 4.34. The fraction of sp³-hybridized carbons (Fsp3) is 0.300. The van der Waals surface area contributed by atoms with Crippen LogP contribution in [0.15, 0.2) is 48.9 Å². The summed E-state index contributed by atoms with van der Waals surface area (Å²) in [6.45, 7) is 2.91. The number of hydrogen-bond acceptors (Lipinski definition) is 1. The molecule has 0 amide bonds. The van der Waals surface area contributed by atoms with E-state index in [2.05, 4.69) is 11.5 Å². The van der Waals surface area contributed by atoms with Crippen LogP contribution in [-0.4, -0.2) is 10.4 Å². The number of rotatable bonds is 2. The van der Waals surface area contributed by atoms with Gasteiger partial charge in [0.15, 0.2) is 12.4 Å². The summed E-state index contributed by atoms with van der Waals surface area (Å²) in [6.07, 6.45) is 2.46. The second kappa shape index (κ2) is 5.97. The Morgan fingerprint density at radius 1 is 1.23 bits per heavy atom. The molecule has 26 heavy (non-hydrogen) atoms. The molecule has 6 heteroatoms. The molecule has 1 unspecified atom stereocenters. The van der Waals surface area contributed by atoms with Crippen LogP contribution < -0.4 is 4.57 Å². The maximum absolute atomic E-state index is 13.0. The van der Waals surface area contributed by atoms with Gasteiger partial charge in [-0.05, 0) is 37.1 Å². The van der Waals surface area contributed by atoms with Crippen LogP contribution in [0.4, 0.5) is 13.2 Å². The lowest BCUT2D eigenvalue weighted by Gasteiger charge is -2.21. The first-order chi connectivity index (χ1) is 12.4. The van der Waals surface area contributed by atoms with Gasteiger partial charge in [-0.25, -0.2) is 0 Å². The summed E-state index contributed by atoms with van der Waals surface area (Å²) in [5, 5.41) is 1.01. The second-order valence-corrected chi connectivity index (χ2v) is 6.62. The monoisotopic (exact) mass is 359 g/mol. The van der Waals surface area contributed by atoms with E-state index in [0.29, 0.717) is 18.4 Å². The van der Waals surface area contributed by atoms with Crippen molar-refractivity contribution >= 4 is 16.7 Å². The minimum Gasteiger partial charge on any atom is -0.347 e. The fourth-order valence-corrected chi connectivity index (χ4v) is 3.72. The van der Waals surface area contributed by atoms with Crippen LogP contribution in [0.25, 0.3) is 10.9 Å². The topological polar surface area (TPSA) is 25.9 Å². The van der Waals surface area contributed by atoms with Crippen molar-refractivity contribution < 1.29 is 22.5 Å². The Labute approximate surface area is 148 Å². The van der Waals surface area contributed by atoms with Crippen molar-refractivity contribution in [1.29, 1.82) is 0 Å². The van der Waals surface area contributed by atoms with Crippen LogP contribution in [0.3, 0.4) is 0 Å². The minimum absolute atomic E-state index is 0.190. The lowest BCUT2D eigenvalue weighted by Crippen LogP contribution is -2.45. The van der Waals surface area contributed by atoms with Crippen LogP contribution >= 0.6 is 0 Å². The molecule has 1 aliphatic carbocycles. The average molecular weight is 359 g/mol. The van der Waals surface area contributed by atoms with E-state index in [4.69, 9.17) is 0 Å². The maximum Gasteiger partial charge on any atom is 0.416 e. The molecule has 0 fully saturated rings. The van der Waals surface area contributed by atoms with Crippen molar-refractivity contribution in [1.82, 2.24) is 4.57 Å². The molecule has 134 valence electrons. The van der Waals surface area contributed by atoms with E-state index < -0.39 is 17.8 Å². The van der Waals surface area contributed by atoms with Crippen molar-refractivity contribution in [3.63, 3.8) is 0 Å². The highest BCUT2D eigenvalue weighted by Gasteiger charge is 2.37. The van der Waals surface area contributed by atoms with Crippen LogP contribution in [0.5, 0.6) is 0 Å². The number of carbonyl (C=O) groups excluding carboxylic acids is 1. The number of alkyl halides is 3. The quantitative estimate of drug-likeness (QED) is 0.625. The summed E-state index contributed by atoms with van der Waals surface area (Å²) >= 11 is 0. The predicted molar refractivity (Wildman–Crippen MR) is 90.9 cm³/mol. The van der Waals surface area contributed by atoms with E-state index >= 15 is 0 Å². The van der Waals surface area contributed by atoms with Gasteiger partial charge in [0.2, 0.25) is 11.8 Å². The number of fused-ring (bicyclic) bond motifs is 2. The number of nitrogens with zero attached hydrogens (tertiary/aromatic N) is 2. The average Bonchev–Trinajstić information content (AvgIpc) is 3.03. The number of Topliss-reactive ketones (excluding diaryl/α,β-unsaturated/α-hetero) is 1. The van der Waals surface area contributed by atoms with E-state index in [-0.39, 0.29) is 11.3 Å². The number of aromatic nitrogens is 2. The lowest BCUT2D eigenvalue weighted by atomic mass is 9.85. The van der Waals surface area contributed by atoms with Gasteiger partial charge >= 0.3 is 6.18 Å². The van der Waals surface area contributed by atoms with E-state index in [9.17, 15) is 18.0 Å². The van der Waals surface area contributed by atoms with Crippen molar-refractivity contribution in [2.24, 2.45) is 0 Å². The molecule has 1 aromatic carbocycles. The van der Waals surface area contributed by atoms with Gasteiger partial charge in [-0.3, -0.25) is 4.79 Å². The van der Waals surface area contributed by atoms with Gasteiger partial charge in [0, 0.05) is 30.8 Å². The fourth-order valence-electron chi connectivity index (χ4n) is 3.72. The van der Waals surface area contributed by atoms with Crippen LogP contribution in [0.1, 0.15) is 40.9 Å². The number of benzene rings is 1. The van der Waals surface area contributed by atoms with Crippen LogP contribution in [-0.2, 0) is 19.1 Å². The SMILES string of the molecule is CCn1ccc2c[n+](C3CCc4ccc(C(F)(F)F)cc4C3=O)ccc21. The maximum atomic E-state index is 13.0. The molecule has 2 heterocycles. The van der Waals surface area contributed by atoms with E-state index in [1.54, 1.807) is 0 Å². The Balaban J connectivity index is 1.73. The van der Waals surface area contributed by atoms with Gasteiger partial charge in [0.25, 0.3) is 0 Å².